The van der Waals surface area contributed by atoms with Crippen molar-refractivity contribution < 1.29 is 18.0 Å². The van der Waals surface area contributed by atoms with E-state index in [4.69, 9.17) is 11.6 Å². The summed E-state index contributed by atoms with van der Waals surface area (Å²) in [5.41, 5.74) is 2.19. The van der Waals surface area contributed by atoms with Gasteiger partial charge in [-0.05, 0) is 55.5 Å². The number of amides is 2. The van der Waals surface area contributed by atoms with Crippen LogP contribution < -0.4 is 10.6 Å². The van der Waals surface area contributed by atoms with E-state index in [1.807, 2.05) is 31.2 Å². The third kappa shape index (κ3) is 6.59. The highest BCUT2D eigenvalue weighted by atomic mass is 35.5. The van der Waals surface area contributed by atoms with Gasteiger partial charge in [-0.15, -0.1) is 11.8 Å². The lowest BCUT2D eigenvalue weighted by Gasteiger charge is -2.11. The average molecular weight is 489 g/mol. The van der Waals surface area contributed by atoms with Gasteiger partial charge in [-0.3, -0.25) is 9.59 Å². The maximum Gasteiger partial charge on any atom is 0.255 e. The second-order valence-electron chi connectivity index (χ2n) is 7.10. The maximum absolute atomic E-state index is 12.5. The van der Waals surface area contributed by atoms with Gasteiger partial charge in [-0.2, -0.15) is 0 Å². The summed E-state index contributed by atoms with van der Waals surface area (Å²) in [5.74, 6) is -0.430. The van der Waals surface area contributed by atoms with Gasteiger partial charge in [0, 0.05) is 22.4 Å². The fraction of sp³-hybridized carbons (Fsp3) is 0.130. The smallest absolute Gasteiger partial charge is 0.255 e. The Labute approximate surface area is 196 Å². The van der Waals surface area contributed by atoms with Crippen LogP contribution in [0, 0.1) is 6.92 Å². The molecular formula is C23H21ClN2O4S2. The SMILES string of the molecule is Cc1ccc(SCC(=O)Nc2ccc(NC(=O)c3cccc(S(C)(=O)=O)c3)c(Cl)c2)cc1. The third-order valence-electron chi connectivity index (χ3n) is 4.42. The van der Waals surface area contributed by atoms with Gasteiger partial charge in [0.2, 0.25) is 5.91 Å². The molecule has 0 bridgehead atoms. The predicted molar refractivity (Wildman–Crippen MR) is 129 cm³/mol. The topological polar surface area (TPSA) is 92.3 Å². The average Bonchev–Trinajstić information content (AvgIpc) is 2.74. The molecule has 6 nitrogen and oxygen atoms in total. The number of carbonyl (C=O) groups is 2. The van der Waals surface area contributed by atoms with Crippen molar-refractivity contribution in [3.8, 4) is 0 Å². The molecule has 0 atom stereocenters. The van der Waals surface area contributed by atoms with Gasteiger partial charge in [0.25, 0.3) is 5.91 Å². The molecule has 3 rings (SSSR count). The summed E-state index contributed by atoms with van der Waals surface area (Å²) < 4.78 is 23.4. The number of nitrogens with one attached hydrogen (secondary N) is 2. The van der Waals surface area contributed by atoms with E-state index in [0.717, 1.165) is 16.7 Å². The molecule has 2 amide bonds. The standard InChI is InChI=1S/C23H21ClN2O4S2/c1-15-6-9-18(10-7-15)31-14-22(27)25-17-8-11-21(20(24)13-17)26-23(28)16-4-3-5-19(12-16)32(2,29)30/h3-13H,14H2,1-2H3,(H,25,27)(H,26,28). The number of halogens is 1. The Morgan fingerprint density at radius 3 is 2.34 bits per heavy atom. The van der Waals surface area contributed by atoms with Crippen molar-refractivity contribution in [2.45, 2.75) is 16.7 Å². The summed E-state index contributed by atoms with van der Waals surface area (Å²) in [7, 11) is -3.43. The van der Waals surface area contributed by atoms with Crippen LogP contribution in [0.2, 0.25) is 5.02 Å². The largest absolute Gasteiger partial charge is 0.325 e. The second-order valence-corrected chi connectivity index (χ2v) is 10.6. The lowest BCUT2D eigenvalue weighted by molar-refractivity contribution is -0.113. The van der Waals surface area contributed by atoms with Crippen LogP contribution in [0.4, 0.5) is 11.4 Å². The highest BCUT2D eigenvalue weighted by molar-refractivity contribution is 8.00. The van der Waals surface area contributed by atoms with Gasteiger partial charge in [0.15, 0.2) is 9.84 Å². The van der Waals surface area contributed by atoms with Gasteiger partial charge in [0.05, 0.1) is 21.4 Å². The number of carbonyl (C=O) groups excluding carboxylic acids is 2. The zero-order valence-electron chi connectivity index (χ0n) is 17.4. The number of thioether (sulfide) groups is 1. The summed E-state index contributed by atoms with van der Waals surface area (Å²) in [5, 5.41) is 5.67. The molecule has 0 aliphatic heterocycles. The van der Waals surface area contributed by atoms with E-state index in [1.165, 1.54) is 36.0 Å². The molecule has 3 aromatic carbocycles. The molecule has 3 aromatic rings. The number of hydrogen-bond donors (Lipinski definition) is 2. The fourth-order valence-electron chi connectivity index (χ4n) is 2.74. The van der Waals surface area contributed by atoms with Crippen molar-refractivity contribution >= 4 is 56.4 Å². The number of rotatable bonds is 7. The number of sulfone groups is 1. The van der Waals surface area contributed by atoms with Gasteiger partial charge in [-0.25, -0.2) is 8.42 Å². The van der Waals surface area contributed by atoms with Gasteiger partial charge < -0.3 is 10.6 Å². The summed E-state index contributed by atoms with van der Waals surface area (Å²) >= 11 is 7.70. The van der Waals surface area contributed by atoms with E-state index in [0.29, 0.717) is 11.4 Å². The highest BCUT2D eigenvalue weighted by Crippen LogP contribution is 2.27. The Balaban J connectivity index is 1.61. The third-order valence-corrected chi connectivity index (χ3v) is 6.85. The molecule has 0 aliphatic carbocycles. The molecule has 32 heavy (non-hydrogen) atoms. The van der Waals surface area contributed by atoms with Crippen molar-refractivity contribution in [2.24, 2.45) is 0 Å². The van der Waals surface area contributed by atoms with Crippen LogP contribution in [0.25, 0.3) is 0 Å². The maximum atomic E-state index is 12.5. The quantitative estimate of drug-likeness (QED) is 0.455. The number of hydrogen-bond acceptors (Lipinski definition) is 5. The molecule has 9 heteroatoms. The monoisotopic (exact) mass is 488 g/mol. The molecule has 2 N–H and O–H groups in total. The highest BCUT2D eigenvalue weighted by Gasteiger charge is 2.14. The van der Waals surface area contributed by atoms with E-state index >= 15 is 0 Å². The fourth-order valence-corrected chi connectivity index (χ4v) is 4.33. The van der Waals surface area contributed by atoms with E-state index < -0.39 is 15.7 Å². The van der Waals surface area contributed by atoms with Crippen LogP contribution in [0.15, 0.2) is 76.5 Å². The lowest BCUT2D eigenvalue weighted by Crippen LogP contribution is -2.15. The van der Waals surface area contributed by atoms with Crippen LogP contribution in [0.5, 0.6) is 0 Å². The Morgan fingerprint density at radius 1 is 0.969 bits per heavy atom. The van der Waals surface area contributed by atoms with E-state index in [2.05, 4.69) is 10.6 Å². The van der Waals surface area contributed by atoms with E-state index in [-0.39, 0.29) is 27.1 Å². The van der Waals surface area contributed by atoms with Gasteiger partial charge >= 0.3 is 0 Å². The van der Waals surface area contributed by atoms with Crippen molar-refractivity contribution in [1.29, 1.82) is 0 Å². The number of aryl methyl sites for hydroxylation is 1. The minimum Gasteiger partial charge on any atom is -0.325 e. The number of anilines is 2. The lowest BCUT2D eigenvalue weighted by atomic mass is 10.2. The van der Waals surface area contributed by atoms with Crippen LogP contribution in [0.3, 0.4) is 0 Å². The zero-order valence-corrected chi connectivity index (χ0v) is 19.8. The van der Waals surface area contributed by atoms with Crippen molar-refractivity contribution in [1.82, 2.24) is 0 Å². The van der Waals surface area contributed by atoms with Crippen LogP contribution in [0.1, 0.15) is 15.9 Å². The van der Waals surface area contributed by atoms with Crippen LogP contribution in [-0.2, 0) is 14.6 Å². The first-order valence-corrected chi connectivity index (χ1v) is 12.8. The molecule has 0 spiro atoms. The molecule has 0 saturated heterocycles. The summed E-state index contributed by atoms with van der Waals surface area (Å²) in [6.45, 7) is 2.00. The van der Waals surface area contributed by atoms with Crippen LogP contribution >= 0.6 is 23.4 Å². The molecule has 0 aromatic heterocycles. The molecule has 166 valence electrons. The molecule has 0 aliphatic rings. The normalized spacial score (nSPS) is 11.1. The molecular weight excluding hydrogens is 468 g/mol. The van der Waals surface area contributed by atoms with E-state index in [1.54, 1.807) is 18.2 Å². The Morgan fingerprint density at radius 2 is 1.69 bits per heavy atom. The summed E-state index contributed by atoms with van der Waals surface area (Å²) in [6.07, 6.45) is 1.08. The first-order valence-electron chi connectivity index (χ1n) is 9.52. The summed E-state index contributed by atoms with van der Waals surface area (Å²) in [6, 6.07) is 18.4. The zero-order chi connectivity index (χ0) is 23.3. The Kier molecular flexibility index (Phi) is 7.60. The minimum absolute atomic E-state index is 0.0535. The molecule has 0 saturated carbocycles. The van der Waals surface area contributed by atoms with E-state index in [9.17, 15) is 18.0 Å². The molecule has 0 unspecified atom stereocenters. The Hall–Kier alpha value is -2.81. The Bertz CT molecular complexity index is 1260. The molecule has 0 radical (unpaired) electrons. The van der Waals surface area contributed by atoms with Crippen LogP contribution in [-0.4, -0.2) is 32.2 Å². The van der Waals surface area contributed by atoms with Gasteiger partial charge in [-0.1, -0.05) is 35.4 Å². The van der Waals surface area contributed by atoms with Crippen molar-refractivity contribution in [3.05, 3.63) is 82.9 Å². The first-order chi connectivity index (χ1) is 15.1. The molecule has 0 fully saturated rings. The predicted octanol–water partition coefficient (Wildman–Crippen LogP) is 5.04. The van der Waals surface area contributed by atoms with Crippen molar-refractivity contribution in [2.75, 3.05) is 22.6 Å². The second kappa shape index (κ2) is 10.2. The molecule has 0 heterocycles. The first kappa shape index (κ1) is 23.8. The minimum atomic E-state index is -3.43. The van der Waals surface area contributed by atoms with Gasteiger partial charge in [0.1, 0.15) is 0 Å². The van der Waals surface area contributed by atoms with Crippen molar-refractivity contribution in [3.63, 3.8) is 0 Å². The summed E-state index contributed by atoms with van der Waals surface area (Å²) in [4.78, 5) is 25.8. The number of benzene rings is 3.